The average molecular weight is 644 g/mol. The van der Waals surface area contributed by atoms with Crippen molar-refractivity contribution < 1.29 is 23.1 Å². The fraction of sp³-hybridized carbons (Fsp3) is 0.200. The van der Waals surface area contributed by atoms with Gasteiger partial charge in [-0.05, 0) is 47.6 Å². The molecule has 0 spiro atoms. The number of benzene rings is 4. The van der Waals surface area contributed by atoms with Crippen LogP contribution in [0.3, 0.4) is 0 Å². The molecule has 0 aliphatic carbocycles. The van der Waals surface area contributed by atoms with Gasteiger partial charge in [-0.3, -0.25) is 0 Å². The van der Waals surface area contributed by atoms with Crippen molar-refractivity contribution in [1.82, 2.24) is 14.7 Å². The normalized spacial score (nSPS) is 12.5. The summed E-state index contributed by atoms with van der Waals surface area (Å²) in [5, 5.41) is 9.72. The predicted molar refractivity (Wildman–Crippen MR) is 175 cm³/mol. The highest BCUT2D eigenvalue weighted by atomic mass is 35.5. The second-order valence-electron chi connectivity index (χ2n) is 10.7. The molecule has 1 aromatic heterocycles. The highest BCUT2D eigenvalue weighted by Crippen LogP contribution is 2.43. The number of hydrogen-bond acceptors (Lipinski definition) is 5. The Morgan fingerprint density at radius 1 is 0.867 bits per heavy atom. The van der Waals surface area contributed by atoms with Crippen LogP contribution in [0.4, 0.5) is 4.79 Å². The lowest BCUT2D eigenvalue weighted by atomic mass is 9.69. The second kappa shape index (κ2) is 14.6. The van der Waals surface area contributed by atoms with Crippen molar-refractivity contribution in [3.63, 3.8) is 0 Å². The van der Waals surface area contributed by atoms with Crippen molar-refractivity contribution in [1.29, 1.82) is 0 Å². The van der Waals surface area contributed by atoms with Gasteiger partial charge in [-0.1, -0.05) is 121 Å². The topological polar surface area (TPSA) is 121 Å². The molecule has 10 heteroatoms. The maximum absolute atomic E-state index is 12.8. The molecule has 0 radical (unpaired) electrons. The number of hydrogen-bond donors (Lipinski definition) is 3. The SMILES string of the molecule is O=C(O)OC(CCCc1c[nH]c(C(c2ccccc2)(c2ccccc2)c2ccccc2)n1)CS(=O)(=O)NCc1ccccc1Cl. The Morgan fingerprint density at radius 3 is 1.93 bits per heavy atom. The molecule has 232 valence electrons. The number of aromatic nitrogens is 2. The first kappa shape index (κ1) is 32.0. The van der Waals surface area contributed by atoms with Gasteiger partial charge in [0.2, 0.25) is 10.0 Å². The van der Waals surface area contributed by atoms with Gasteiger partial charge in [0.25, 0.3) is 0 Å². The summed E-state index contributed by atoms with van der Waals surface area (Å²) in [5.74, 6) is 0.236. The van der Waals surface area contributed by atoms with Gasteiger partial charge in [0.1, 0.15) is 23.1 Å². The minimum absolute atomic E-state index is 0.0101. The van der Waals surface area contributed by atoms with Crippen LogP contribution >= 0.6 is 11.6 Å². The average Bonchev–Trinajstić information content (AvgIpc) is 3.51. The number of halogens is 1. The number of nitrogens with one attached hydrogen (secondary N) is 2. The zero-order chi connectivity index (χ0) is 31.7. The van der Waals surface area contributed by atoms with Gasteiger partial charge in [0.05, 0.1) is 5.69 Å². The molecule has 0 amide bonds. The van der Waals surface area contributed by atoms with Crippen molar-refractivity contribution in [3.05, 3.63) is 160 Å². The highest BCUT2D eigenvalue weighted by molar-refractivity contribution is 7.89. The summed E-state index contributed by atoms with van der Waals surface area (Å²) >= 11 is 6.14. The Morgan fingerprint density at radius 2 is 1.40 bits per heavy atom. The Labute approximate surface area is 268 Å². The van der Waals surface area contributed by atoms with Crippen LogP contribution in [0.2, 0.25) is 5.02 Å². The molecule has 4 aromatic carbocycles. The standard InChI is InChI=1S/C35H34ClN3O5S/c36-32-22-11-10-13-26(32)23-38-45(42,43)25-31(44-34(40)41)21-12-20-30-24-37-33(39-30)35(27-14-4-1-5-15-27,28-16-6-2-7-17-28)29-18-8-3-9-19-29/h1-11,13-19,22,24,31,38H,12,20-21,23,25H2,(H,37,39)(H,40,41). The van der Waals surface area contributed by atoms with E-state index in [0.717, 1.165) is 28.2 Å². The van der Waals surface area contributed by atoms with E-state index < -0.39 is 33.5 Å². The van der Waals surface area contributed by atoms with Gasteiger partial charge in [-0.15, -0.1) is 0 Å². The van der Waals surface area contributed by atoms with E-state index in [1.165, 1.54) is 0 Å². The van der Waals surface area contributed by atoms with Crippen LogP contribution in [0.5, 0.6) is 0 Å². The second-order valence-corrected chi connectivity index (χ2v) is 12.9. The Bertz CT molecular complexity index is 1700. The van der Waals surface area contributed by atoms with Crippen LogP contribution in [0.25, 0.3) is 0 Å². The first-order valence-corrected chi connectivity index (χ1v) is 16.6. The number of ether oxygens (including phenoxy) is 1. The monoisotopic (exact) mass is 643 g/mol. The van der Waals surface area contributed by atoms with Gasteiger partial charge in [0.15, 0.2) is 0 Å². The number of carbonyl (C=O) groups is 1. The summed E-state index contributed by atoms with van der Waals surface area (Å²) in [6, 6.07) is 37.5. The Balaban J connectivity index is 1.35. The summed E-state index contributed by atoms with van der Waals surface area (Å²) in [4.78, 5) is 19.9. The van der Waals surface area contributed by atoms with E-state index in [1.807, 2.05) is 60.8 Å². The summed E-state index contributed by atoms with van der Waals surface area (Å²) in [6.07, 6.45) is 0.411. The lowest BCUT2D eigenvalue weighted by molar-refractivity contribution is 0.0562. The molecule has 0 aliphatic heterocycles. The molecule has 0 saturated heterocycles. The smallest absolute Gasteiger partial charge is 0.450 e. The van der Waals surface area contributed by atoms with E-state index in [-0.39, 0.29) is 13.0 Å². The number of imidazole rings is 1. The molecule has 3 N–H and O–H groups in total. The van der Waals surface area contributed by atoms with Crippen LogP contribution < -0.4 is 4.72 Å². The predicted octanol–water partition coefficient (Wildman–Crippen LogP) is 6.95. The van der Waals surface area contributed by atoms with Crippen molar-refractivity contribution in [3.8, 4) is 0 Å². The molecular weight excluding hydrogens is 610 g/mol. The van der Waals surface area contributed by atoms with Crippen molar-refractivity contribution >= 4 is 27.8 Å². The Kier molecular flexibility index (Phi) is 10.3. The van der Waals surface area contributed by atoms with Crippen LogP contribution in [0.1, 0.15) is 46.6 Å². The summed E-state index contributed by atoms with van der Waals surface area (Å²) in [5.41, 5.74) is 3.81. The number of H-pyrrole nitrogens is 1. The molecule has 0 saturated carbocycles. The number of rotatable bonds is 14. The number of carboxylic acid groups (broad SMARTS) is 1. The van der Waals surface area contributed by atoms with Crippen LogP contribution in [0, 0.1) is 0 Å². The van der Waals surface area contributed by atoms with Gasteiger partial charge in [-0.25, -0.2) is 22.9 Å². The summed E-state index contributed by atoms with van der Waals surface area (Å²) in [7, 11) is -3.86. The number of sulfonamides is 1. The zero-order valence-corrected chi connectivity index (χ0v) is 26.0. The molecule has 0 aliphatic rings. The fourth-order valence-electron chi connectivity index (χ4n) is 5.62. The van der Waals surface area contributed by atoms with Gasteiger partial charge in [-0.2, -0.15) is 0 Å². The molecule has 1 heterocycles. The first-order valence-electron chi connectivity index (χ1n) is 14.6. The molecule has 8 nitrogen and oxygen atoms in total. The highest BCUT2D eigenvalue weighted by Gasteiger charge is 2.41. The molecule has 5 aromatic rings. The summed E-state index contributed by atoms with van der Waals surface area (Å²) < 4.78 is 33.1. The number of aromatic amines is 1. The van der Waals surface area contributed by atoms with E-state index >= 15 is 0 Å². The van der Waals surface area contributed by atoms with Gasteiger partial charge >= 0.3 is 6.16 Å². The van der Waals surface area contributed by atoms with E-state index in [9.17, 15) is 18.3 Å². The van der Waals surface area contributed by atoms with Crippen molar-refractivity contribution in [2.75, 3.05) is 5.75 Å². The minimum Gasteiger partial charge on any atom is -0.450 e. The minimum atomic E-state index is -3.86. The maximum atomic E-state index is 12.8. The van der Waals surface area contributed by atoms with Gasteiger partial charge in [0, 0.05) is 17.8 Å². The molecule has 0 fully saturated rings. The third-order valence-electron chi connectivity index (χ3n) is 7.68. The third kappa shape index (κ3) is 7.81. The zero-order valence-electron chi connectivity index (χ0n) is 24.5. The van der Waals surface area contributed by atoms with Crippen LogP contribution in [0.15, 0.2) is 121 Å². The van der Waals surface area contributed by atoms with Crippen molar-refractivity contribution in [2.24, 2.45) is 0 Å². The molecule has 1 atom stereocenters. The fourth-order valence-corrected chi connectivity index (χ4v) is 7.04. The number of nitrogens with zero attached hydrogens (tertiary/aromatic N) is 1. The first-order chi connectivity index (χ1) is 21.8. The lowest BCUT2D eigenvalue weighted by Crippen LogP contribution is -2.34. The molecule has 0 bridgehead atoms. The third-order valence-corrected chi connectivity index (χ3v) is 9.44. The van der Waals surface area contributed by atoms with E-state index in [4.69, 9.17) is 21.3 Å². The largest absolute Gasteiger partial charge is 0.506 e. The van der Waals surface area contributed by atoms with E-state index in [1.54, 1.807) is 24.3 Å². The molecule has 1 unspecified atom stereocenters. The molecule has 5 rings (SSSR count). The molecule has 45 heavy (non-hydrogen) atoms. The molecular formula is C35H34ClN3O5S. The maximum Gasteiger partial charge on any atom is 0.506 e. The van der Waals surface area contributed by atoms with Crippen molar-refractivity contribution in [2.45, 2.75) is 37.3 Å². The quantitative estimate of drug-likeness (QED) is 0.0889. The van der Waals surface area contributed by atoms with Crippen LogP contribution in [-0.2, 0) is 33.1 Å². The van der Waals surface area contributed by atoms with E-state index in [2.05, 4.69) is 46.1 Å². The Hall–Kier alpha value is -4.44. The van der Waals surface area contributed by atoms with E-state index in [0.29, 0.717) is 23.4 Å². The lowest BCUT2D eigenvalue weighted by Gasteiger charge is -2.34. The van der Waals surface area contributed by atoms with Gasteiger partial charge < -0.3 is 14.8 Å². The summed E-state index contributed by atoms with van der Waals surface area (Å²) in [6.45, 7) is -0.0101. The van der Waals surface area contributed by atoms with Crippen LogP contribution in [-0.4, -0.2) is 41.5 Å². The number of aryl methyl sites for hydroxylation is 1.